The minimum atomic E-state index is -3.35. The van der Waals surface area contributed by atoms with Crippen molar-refractivity contribution in [3.63, 3.8) is 0 Å². The normalized spacial score (nSPS) is 15.8. The summed E-state index contributed by atoms with van der Waals surface area (Å²) < 4.78 is 51.9. The number of rotatable bonds is 8. The summed E-state index contributed by atoms with van der Waals surface area (Å²) in [5.74, 6) is 0.334. The van der Waals surface area contributed by atoms with Gasteiger partial charge < -0.3 is 5.32 Å². The summed E-state index contributed by atoms with van der Waals surface area (Å²) >= 11 is 1.49. The molecule has 0 radical (unpaired) electrons. The van der Waals surface area contributed by atoms with Crippen LogP contribution in [0, 0.1) is 11.3 Å². The number of sulfone groups is 1. The zero-order chi connectivity index (χ0) is 26.4. The molecule has 0 saturated carbocycles. The Kier molecular flexibility index (Phi) is 6.27. The minimum absolute atomic E-state index is 0.00401. The van der Waals surface area contributed by atoms with Gasteiger partial charge >= 0.3 is 0 Å². The summed E-state index contributed by atoms with van der Waals surface area (Å²) in [4.78, 5) is 9.50. The van der Waals surface area contributed by atoms with Crippen LogP contribution in [0.1, 0.15) is 13.3 Å². The lowest BCUT2D eigenvalue weighted by Gasteiger charge is -2.47. The van der Waals surface area contributed by atoms with Crippen molar-refractivity contribution in [1.82, 2.24) is 24.1 Å². The third-order valence-corrected chi connectivity index (χ3v) is 10.1. The van der Waals surface area contributed by atoms with Crippen molar-refractivity contribution in [2.45, 2.75) is 23.8 Å². The molecule has 14 heteroatoms. The van der Waals surface area contributed by atoms with Gasteiger partial charge in [0.25, 0.3) is 0 Å². The number of aromatic nitrogens is 4. The first kappa shape index (κ1) is 25.3. The molecule has 0 amide bonds. The van der Waals surface area contributed by atoms with Gasteiger partial charge in [-0.15, -0.1) is 11.3 Å². The summed E-state index contributed by atoms with van der Waals surface area (Å²) in [5, 5.41) is 19.0. The molecule has 1 saturated heterocycles. The lowest BCUT2D eigenvalue weighted by Crippen LogP contribution is -2.64. The molecular weight excluding hydrogens is 534 g/mol. The number of fused-ring (bicyclic) bond motifs is 1. The van der Waals surface area contributed by atoms with Gasteiger partial charge in [-0.3, -0.25) is 4.68 Å². The van der Waals surface area contributed by atoms with Gasteiger partial charge in [0.2, 0.25) is 16.0 Å². The second kappa shape index (κ2) is 9.18. The Morgan fingerprint density at radius 3 is 2.51 bits per heavy atom. The van der Waals surface area contributed by atoms with Crippen molar-refractivity contribution in [3.05, 3.63) is 48.1 Å². The van der Waals surface area contributed by atoms with Crippen molar-refractivity contribution < 1.29 is 16.8 Å². The van der Waals surface area contributed by atoms with E-state index in [1.54, 1.807) is 36.1 Å². The van der Waals surface area contributed by atoms with E-state index in [2.05, 4.69) is 21.5 Å². The summed E-state index contributed by atoms with van der Waals surface area (Å²) in [5.41, 5.74) is 1.97. The topological polar surface area (TPSA) is 151 Å². The predicted octanol–water partition coefficient (Wildman–Crippen LogP) is 2.98. The van der Waals surface area contributed by atoms with Gasteiger partial charge in [0, 0.05) is 36.8 Å². The number of nitriles is 1. The summed E-state index contributed by atoms with van der Waals surface area (Å²) in [6.07, 6.45) is 4.72. The van der Waals surface area contributed by atoms with Crippen molar-refractivity contribution in [2.24, 2.45) is 0 Å². The third kappa shape index (κ3) is 4.71. The Labute approximate surface area is 218 Å². The number of hydrogen-bond acceptors (Lipinski definition) is 10. The molecule has 11 nitrogen and oxygen atoms in total. The first-order valence-corrected chi connectivity index (χ1v) is 15.7. The van der Waals surface area contributed by atoms with E-state index < -0.39 is 25.4 Å². The van der Waals surface area contributed by atoms with E-state index in [0.717, 1.165) is 16.5 Å². The fourth-order valence-corrected chi connectivity index (χ4v) is 6.92. The van der Waals surface area contributed by atoms with Crippen LogP contribution in [0.4, 0.5) is 11.6 Å². The monoisotopic (exact) mass is 557 g/mol. The number of anilines is 2. The van der Waals surface area contributed by atoms with Crippen LogP contribution < -0.4 is 5.32 Å². The Hall–Kier alpha value is -3.38. The molecule has 0 atom stereocenters. The molecule has 4 aromatic rings. The lowest BCUT2D eigenvalue weighted by atomic mass is 9.89. The molecule has 1 aliphatic rings. The molecule has 1 aromatic carbocycles. The zero-order valence-corrected chi connectivity index (χ0v) is 22.4. The quantitative estimate of drug-likeness (QED) is 0.345. The van der Waals surface area contributed by atoms with Gasteiger partial charge in [-0.05, 0) is 42.6 Å². The van der Waals surface area contributed by atoms with E-state index in [9.17, 15) is 22.1 Å². The maximum absolute atomic E-state index is 12.3. The van der Waals surface area contributed by atoms with Gasteiger partial charge in [-0.25, -0.2) is 26.8 Å². The average molecular weight is 558 g/mol. The molecule has 5 rings (SSSR count). The molecular formula is C23H23N7O4S3. The molecule has 0 spiro atoms. The predicted molar refractivity (Wildman–Crippen MR) is 141 cm³/mol. The first-order valence-electron chi connectivity index (χ1n) is 11.3. The molecule has 0 unspecified atom stereocenters. The highest BCUT2D eigenvalue weighted by Gasteiger charge is 2.49. The Morgan fingerprint density at radius 1 is 1.14 bits per heavy atom. The summed E-state index contributed by atoms with van der Waals surface area (Å²) in [6, 6.07) is 10.4. The third-order valence-electron chi connectivity index (χ3n) is 6.29. The maximum atomic E-state index is 12.3. The van der Waals surface area contributed by atoms with E-state index in [4.69, 9.17) is 4.98 Å². The number of thiophene rings is 1. The van der Waals surface area contributed by atoms with Crippen LogP contribution in [0.15, 0.2) is 53.0 Å². The van der Waals surface area contributed by atoms with Gasteiger partial charge in [-0.1, -0.05) is 0 Å². The maximum Gasteiger partial charge on any atom is 0.228 e. The van der Waals surface area contributed by atoms with Crippen LogP contribution in [0.2, 0.25) is 0 Å². The van der Waals surface area contributed by atoms with Crippen molar-refractivity contribution in [2.75, 3.05) is 30.4 Å². The number of sulfonamides is 1. The molecule has 1 aliphatic heterocycles. The highest BCUT2D eigenvalue weighted by molar-refractivity contribution is 7.90. The largest absolute Gasteiger partial charge is 0.324 e. The van der Waals surface area contributed by atoms with Crippen LogP contribution in [0.3, 0.4) is 0 Å². The van der Waals surface area contributed by atoms with E-state index in [-0.39, 0.29) is 30.2 Å². The molecule has 37 heavy (non-hydrogen) atoms. The van der Waals surface area contributed by atoms with E-state index in [1.807, 2.05) is 11.4 Å². The molecule has 3 aromatic heterocycles. The molecule has 0 aliphatic carbocycles. The smallest absolute Gasteiger partial charge is 0.228 e. The molecule has 4 heterocycles. The summed E-state index contributed by atoms with van der Waals surface area (Å²) in [6.45, 7) is 1.97. The van der Waals surface area contributed by atoms with E-state index >= 15 is 0 Å². The fraction of sp³-hybridized carbons (Fsp3) is 0.304. The zero-order valence-electron chi connectivity index (χ0n) is 20.0. The van der Waals surface area contributed by atoms with Crippen LogP contribution in [-0.2, 0) is 25.4 Å². The van der Waals surface area contributed by atoms with Gasteiger partial charge in [0.05, 0.1) is 45.2 Å². The molecule has 1 fully saturated rings. The van der Waals surface area contributed by atoms with Crippen molar-refractivity contribution >= 4 is 53.0 Å². The van der Waals surface area contributed by atoms with Crippen LogP contribution >= 0.6 is 11.3 Å². The van der Waals surface area contributed by atoms with E-state index in [1.165, 1.54) is 27.8 Å². The Bertz CT molecular complexity index is 1730. The van der Waals surface area contributed by atoms with E-state index in [0.29, 0.717) is 22.9 Å². The van der Waals surface area contributed by atoms with Crippen LogP contribution in [0.25, 0.3) is 21.5 Å². The van der Waals surface area contributed by atoms with Crippen LogP contribution in [0.5, 0.6) is 0 Å². The van der Waals surface area contributed by atoms with Gasteiger partial charge in [-0.2, -0.15) is 14.7 Å². The Balaban J connectivity index is 1.47. The van der Waals surface area contributed by atoms with Gasteiger partial charge in [0.15, 0.2) is 9.84 Å². The number of nitrogens with zero attached hydrogens (tertiary/aromatic N) is 6. The van der Waals surface area contributed by atoms with Crippen LogP contribution in [-0.4, -0.2) is 66.0 Å². The molecule has 0 bridgehead atoms. The molecule has 1 N–H and O–H groups in total. The van der Waals surface area contributed by atoms with Crippen molar-refractivity contribution in [3.8, 4) is 17.3 Å². The lowest BCUT2D eigenvalue weighted by molar-refractivity contribution is 0.0719. The Morgan fingerprint density at radius 2 is 1.86 bits per heavy atom. The van der Waals surface area contributed by atoms with Gasteiger partial charge in [0.1, 0.15) is 5.54 Å². The fourth-order valence-electron chi connectivity index (χ4n) is 4.21. The second-order valence-corrected chi connectivity index (χ2v) is 14.0. The first-order chi connectivity index (χ1) is 17.5. The SMILES string of the molecule is CCS(=O)(=O)N1CC(CC#N)(n2cc(-c3nc(Nc4ccc(S(C)(=O)=O)cc4)nc4ccsc34)cn2)C1. The van der Waals surface area contributed by atoms with Crippen molar-refractivity contribution in [1.29, 1.82) is 5.26 Å². The number of nitrogens with one attached hydrogen (secondary N) is 1. The number of hydrogen-bond donors (Lipinski definition) is 1. The second-order valence-electron chi connectivity index (χ2n) is 8.85. The summed E-state index contributed by atoms with van der Waals surface area (Å²) in [7, 11) is -6.65. The average Bonchev–Trinajstić information content (AvgIpc) is 3.50. The highest BCUT2D eigenvalue weighted by atomic mass is 32.2. The standard InChI is InChI=1S/C23H23N7O4S3/c1-3-37(33,34)29-14-23(15-29,9-10-24)30-13-16(12-25-30)20-21-19(8-11-35-21)27-22(28-20)26-17-4-6-18(7-5-17)36(2,31)32/h4-8,11-13H,3,9,14-15H2,1-2H3,(H,26,27,28). The molecule has 192 valence electrons. The number of benzene rings is 1. The highest BCUT2D eigenvalue weighted by Crippen LogP contribution is 2.37. The minimum Gasteiger partial charge on any atom is -0.324 e.